The molecule has 2 aromatic heterocycles. The number of aromatic nitrogens is 1. The van der Waals surface area contributed by atoms with Crippen LogP contribution >= 0.6 is 24.8 Å². The van der Waals surface area contributed by atoms with E-state index in [9.17, 15) is 4.79 Å². The van der Waals surface area contributed by atoms with Crippen molar-refractivity contribution < 1.29 is 13.9 Å². The van der Waals surface area contributed by atoms with E-state index in [4.69, 9.17) is 14.9 Å². The molecule has 29 heavy (non-hydrogen) atoms. The van der Waals surface area contributed by atoms with E-state index in [1.165, 1.54) is 6.26 Å². The van der Waals surface area contributed by atoms with Crippen LogP contribution in [0.1, 0.15) is 16.1 Å². The topological polar surface area (TPSA) is 85.7 Å². The largest absolute Gasteiger partial charge is 0.467 e. The molecule has 1 aromatic carbocycles. The minimum atomic E-state index is -0.204. The van der Waals surface area contributed by atoms with E-state index < -0.39 is 0 Å². The van der Waals surface area contributed by atoms with Crippen LogP contribution in [0.3, 0.4) is 0 Å². The molecule has 158 valence electrons. The van der Waals surface area contributed by atoms with Crippen LogP contribution < -0.4 is 11.1 Å². The Labute approximate surface area is 182 Å². The van der Waals surface area contributed by atoms with Gasteiger partial charge in [0.25, 0.3) is 5.91 Å². The SMILES string of the molecule is Cl.Cl.NCc1cc(C(=O)Nc2ccc3c(ccn3CCN3CCOCC3)c2)co1. The molecule has 0 unspecified atom stereocenters. The molecule has 9 heteroatoms. The Hall–Kier alpha value is -2.03. The van der Waals surface area contributed by atoms with Crippen LogP contribution in [0.4, 0.5) is 5.69 Å². The van der Waals surface area contributed by atoms with Crippen molar-refractivity contribution in [3.8, 4) is 0 Å². The van der Waals surface area contributed by atoms with Gasteiger partial charge in [0.05, 0.1) is 25.3 Å². The van der Waals surface area contributed by atoms with Crippen LogP contribution in [-0.2, 0) is 17.8 Å². The summed E-state index contributed by atoms with van der Waals surface area (Å²) in [6, 6.07) is 9.70. The van der Waals surface area contributed by atoms with Crippen LogP contribution in [-0.4, -0.2) is 48.2 Å². The third kappa shape index (κ3) is 5.52. The van der Waals surface area contributed by atoms with E-state index in [1.54, 1.807) is 6.07 Å². The highest BCUT2D eigenvalue weighted by Gasteiger charge is 2.12. The first-order valence-corrected chi connectivity index (χ1v) is 9.21. The van der Waals surface area contributed by atoms with Gasteiger partial charge in [-0.15, -0.1) is 24.8 Å². The van der Waals surface area contributed by atoms with Gasteiger partial charge in [-0.25, -0.2) is 0 Å². The van der Waals surface area contributed by atoms with Crippen molar-refractivity contribution in [2.75, 3.05) is 38.2 Å². The number of amides is 1. The lowest BCUT2D eigenvalue weighted by atomic mass is 10.2. The molecule has 0 spiro atoms. The number of hydrogen-bond donors (Lipinski definition) is 2. The van der Waals surface area contributed by atoms with Gasteiger partial charge in [-0.05, 0) is 30.3 Å². The van der Waals surface area contributed by atoms with E-state index >= 15 is 0 Å². The molecule has 0 atom stereocenters. The van der Waals surface area contributed by atoms with Gasteiger partial charge in [0, 0.05) is 49.0 Å². The third-order valence-corrected chi connectivity index (χ3v) is 4.91. The van der Waals surface area contributed by atoms with Crippen molar-refractivity contribution in [1.29, 1.82) is 0 Å². The maximum absolute atomic E-state index is 12.3. The molecular formula is C20H26Cl2N4O3. The predicted octanol–water partition coefficient (Wildman–Crippen LogP) is 3.12. The normalized spacial score (nSPS) is 14.2. The molecule has 3 N–H and O–H groups in total. The lowest BCUT2D eigenvalue weighted by Crippen LogP contribution is -2.38. The molecule has 7 nitrogen and oxygen atoms in total. The monoisotopic (exact) mass is 440 g/mol. The lowest BCUT2D eigenvalue weighted by Gasteiger charge is -2.26. The number of nitrogens with one attached hydrogen (secondary N) is 1. The van der Waals surface area contributed by atoms with E-state index in [0.717, 1.165) is 56.0 Å². The molecule has 1 aliphatic rings. The molecule has 3 aromatic rings. The number of halogens is 2. The molecule has 3 heterocycles. The number of nitrogens with two attached hydrogens (primary N) is 1. The van der Waals surface area contributed by atoms with E-state index in [-0.39, 0.29) is 37.3 Å². The third-order valence-electron chi connectivity index (χ3n) is 4.91. The van der Waals surface area contributed by atoms with Crippen molar-refractivity contribution in [1.82, 2.24) is 9.47 Å². The zero-order chi connectivity index (χ0) is 18.6. The zero-order valence-electron chi connectivity index (χ0n) is 16.0. The standard InChI is InChI=1S/C20H24N4O3.2ClH/c21-13-18-12-16(14-27-18)20(25)22-17-1-2-19-15(11-17)3-4-24(19)6-5-23-7-9-26-10-8-23;;/h1-4,11-12,14H,5-10,13,21H2,(H,22,25);2*1H. The number of nitrogens with zero attached hydrogens (tertiary/aromatic N) is 2. The molecule has 1 saturated heterocycles. The van der Waals surface area contributed by atoms with Crippen molar-refractivity contribution >= 4 is 47.3 Å². The Morgan fingerprint density at radius 3 is 2.62 bits per heavy atom. The van der Waals surface area contributed by atoms with E-state index in [0.29, 0.717) is 11.3 Å². The summed E-state index contributed by atoms with van der Waals surface area (Å²) in [7, 11) is 0. The number of furan rings is 1. The van der Waals surface area contributed by atoms with Crippen molar-refractivity contribution in [3.63, 3.8) is 0 Å². The number of anilines is 1. The van der Waals surface area contributed by atoms with Crippen molar-refractivity contribution in [3.05, 3.63) is 54.1 Å². The van der Waals surface area contributed by atoms with Gasteiger partial charge in [-0.1, -0.05) is 0 Å². The highest BCUT2D eigenvalue weighted by molar-refractivity contribution is 6.05. The maximum Gasteiger partial charge on any atom is 0.258 e. The van der Waals surface area contributed by atoms with E-state index in [2.05, 4.69) is 27.0 Å². The Morgan fingerprint density at radius 2 is 1.90 bits per heavy atom. The summed E-state index contributed by atoms with van der Waals surface area (Å²) in [5.74, 6) is 0.387. The number of fused-ring (bicyclic) bond motifs is 1. The van der Waals surface area contributed by atoms with Gasteiger partial charge in [0.15, 0.2) is 0 Å². The molecule has 1 fully saturated rings. The average molecular weight is 441 g/mol. The fraction of sp³-hybridized carbons (Fsp3) is 0.350. The Bertz CT molecular complexity index is 935. The second-order valence-corrected chi connectivity index (χ2v) is 6.70. The summed E-state index contributed by atoms with van der Waals surface area (Å²) in [4.78, 5) is 14.8. The number of carbonyl (C=O) groups is 1. The van der Waals surface area contributed by atoms with Gasteiger partial charge in [0.2, 0.25) is 0 Å². The first-order valence-electron chi connectivity index (χ1n) is 9.21. The van der Waals surface area contributed by atoms with Crippen LogP contribution in [0.2, 0.25) is 0 Å². The number of benzene rings is 1. The minimum absolute atomic E-state index is 0. The lowest BCUT2D eigenvalue weighted by molar-refractivity contribution is 0.0365. The fourth-order valence-electron chi connectivity index (χ4n) is 3.36. The number of ether oxygens (including phenoxy) is 1. The summed E-state index contributed by atoms with van der Waals surface area (Å²) in [5.41, 5.74) is 7.91. The highest BCUT2D eigenvalue weighted by Crippen LogP contribution is 2.21. The second kappa shape index (κ2) is 10.7. The van der Waals surface area contributed by atoms with Crippen molar-refractivity contribution in [2.45, 2.75) is 13.1 Å². The van der Waals surface area contributed by atoms with Gasteiger partial charge in [0.1, 0.15) is 12.0 Å². The molecule has 1 aliphatic heterocycles. The van der Waals surface area contributed by atoms with Crippen molar-refractivity contribution in [2.24, 2.45) is 5.73 Å². The first-order chi connectivity index (χ1) is 13.2. The zero-order valence-corrected chi connectivity index (χ0v) is 17.6. The van der Waals surface area contributed by atoms with Crippen LogP contribution in [0.15, 0.2) is 47.2 Å². The quantitative estimate of drug-likeness (QED) is 0.614. The van der Waals surface area contributed by atoms with E-state index in [1.807, 2.05) is 18.2 Å². The molecule has 1 amide bonds. The summed E-state index contributed by atoms with van der Waals surface area (Å²) in [6.07, 6.45) is 3.53. The van der Waals surface area contributed by atoms with Gasteiger partial charge in [-0.3, -0.25) is 9.69 Å². The Balaban J connectivity index is 0.00000150. The van der Waals surface area contributed by atoms with Gasteiger partial charge in [-0.2, -0.15) is 0 Å². The summed E-state index contributed by atoms with van der Waals surface area (Å²) in [6.45, 7) is 5.85. The molecule has 0 radical (unpaired) electrons. The highest BCUT2D eigenvalue weighted by atomic mass is 35.5. The molecule has 0 bridgehead atoms. The summed E-state index contributed by atoms with van der Waals surface area (Å²) in [5, 5.41) is 4.01. The summed E-state index contributed by atoms with van der Waals surface area (Å²) >= 11 is 0. The van der Waals surface area contributed by atoms with Crippen LogP contribution in [0.25, 0.3) is 10.9 Å². The number of hydrogen-bond acceptors (Lipinski definition) is 5. The number of morpholine rings is 1. The number of rotatable bonds is 6. The van der Waals surface area contributed by atoms with Crippen LogP contribution in [0.5, 0.6) is 0 Å². The molecular weight excluding hydrogens is 415 g/mol. The maximum atomic E-state index is 12.3. The number of carbonyl (C=O) groups excluding carboxylic acids is 1. The van der Waals surface area contributed by atoms with Gasteiger partial charge >= 0.3 is 0 Å². The molecule has 0 saturated carbocycles. The van der Waals surface area contributed by atoms with Crippen LogP contribution in [0, 0.1) is 0 Å². The second-order valence-electron chi connectivity index (χ2n) is 6.70. The minimum Gasteiger partial charge on any atom is -0.467 e. The van der Waals surface area contributed by atoms with Gasteiger partial charge < -0.3 is 24.8 Å². The summed E-state index contributed by atoms with van der Waals surface area (Å²) < 4.78 is 12.9. The first kappa shape index (κ1) is 23.3. The predicted molar refractivity (Wildman–Crippen MR) is 118 cm³/mol. The molecule has 0 aliphatic carbocycles. The fourth-order valence-corrected chi connectivity index (χ4v) is 3.36. The molecule has 4 rings (SSSR count). The average Bonchev–Trinajstić information content (AvgIpc) is 3.34. The smallest absolute Gasteiger partial charge is 0.258 e. The Morgan fingerprint density at radius 1 is 1.10 bits per heavy atom. The Kier molecular flexibility index (Phi) is 8.55.